The van der Waals surface area contributed by atoms with E-state index in [1.807, 2.05) is 55.5 Å². The van der Waals surface area contributed by atoms with E-state index in [1.54, 1.807) is 12.1 Å². The van der Waals surface area contributed by atoms with Crippen LogP contribution in [-0.4, -0.2) is 18.1 Å². The molecule has 1 heterocycles. The topological polar surface area (TPSA) is 74.8 Å². The summed E-state index contributed by atoms with van der Waals surface area (Å²) in [7, 11) is 0. The van der Waals surface area contributed by atoms with Gasteiger partial charge in [-0.05, 0) is 41.5 Å². The molecule has 0 radical (unpaired) electrons. The van der Waals surface area contributed by atoms with E-state index in [4.69, 9.17) is 9.47 Å². The van der Waals surface area contributed by atoms with E-state index in [2.05, 4.69) is 11.1 Å². The number of aliphatic imine (C=N–C) groups is 1. The van der Waals surface area contributed by atoms with Gasteiger partial charge in [0, 0.05) is 5.56 Å². The first-order valence-electron chi connectivity index (χ1n) is 8.99. The molecule has 1 aliphatic rings. The highest BCUT2D eigenvalue weighted by atomic mass is 16.5. The van der Waals surface area contributed by atoms with E-state index in [0.29, 0.717) is 17.9 Å². The maximum absolute atomic E-state index is 9.95. The molecular weight excluding hydrogens is 352 g/mol. The van der Waals surface area contributed by atoms with Crippen molar-refractivity contribution in [3.8, 4) is 17.6 Å². The summed E-state index contributed by atoms with van der Waals surface area (Å²) in [4.78, 5) is 4.24. The number of hydrogen-bond acceptors (Lipinski definition) is 5. The van der Waals surface area contributed by atoms with Gasteiger partial charge in [-0.25, -0.2) is 0 Å². The van der Waals surface area contributed by atoms with E-state index in [1.165, 1.54) is 6.40 Å². The summed E-state index contributed by atoms with van der Waals surface area (Å²) in [5.74, 6) is 0.677. The molecule has 0 saturated heterocycles. The van der Waals surface area contributed by atoms with Crippen molar-refractivity contribution < 1.29 is 14.6 Å². The van der Waals surface area contributed by atoms with E-state index < -0.39 is 0 Å². The standard InChI is InChI=1S/C23H18N2O3/c1-2-27-14-25-23-19(13-24)21(16-7-10-17(26)11-8-16)22-18-6-4-3-5-15(18)9-12-20(22)28-23/h3-12,14,21,26H,2H2,1H3. The second-order valence-electron chi connectivity index (χ2n) is 6.35. The Morgan fingerprint density at radius 3 is 2.68 bits per heavy atom. The van der Waals surface area contributed by atoms with Crippen LogP contribution in [0.1, 0.15) is 24.0 Å². The number of benzene rings is 3. The Morgan fingerprint density at radius 1 is 1.14 bits per heavy atom. The number of ether oxygens (including phenoxy) is 2. The van der Waals surface area contributed by atoms with Crippen LogP contribution in [-0.2, 0) is 4.74 Å². The molecule has 0 fully saturated rings. The van der Waals surface area contributed by atoms with Gasteiger partial charge in [-0.2, -0.15) is 10.3 Å². The van der Waals surface area contributed by atoms with Gasteiger partial charge in [-0.15, -0.1) is 0 Å². The lowest BCUT2D eigenvalue weighted by Crippen LogP contribution is -2.16. The molecule has 138 valence electrons. The van der Waals surface area contributed by atoms with E-state index in [9.17, 15) is 10.4 Å². The predicted octanol–water partition coefficient (Wildman–Crippen LogP) is 4.87. The molecule has 0 saturated carbocycles. The van der Waals surface area contributed by atoms with Gasteiger partial charge in [0.25, 0.3) is 0 Å². The molecule has 0 spiro atoms. The fourth-order valence-corrected chi connectivity index (χ4v) is 3.46. The Labute approximate surface area is 162 Å². The number of phenolic OH excluding ortho intramolecular Hbond substituents is 1. The molecule has 0 bridgehead atoms. The molecule has 0 aromatic heterocycles. The van der Waals surface area contributed by atoms with Crippen LogP contribution in [0.25, 0.3) is 10.8 Å². The van der Waals surface area contributed by atoms with E-state index >= 15 is 0 Å². The van der Waals surface area contributed by atoms with Gasteiger partial charge in [-0.3, -0.25) is 0 Å². The Morgan fingerprint density at radius 2 is 1.93 bits per heavy atom. The fourth-order valence-electron chi connectivity index (χ4n) is 3.46. The zero-order valence-electron chi connectivity index (χ0n) is 15.3. The first kappa shape index (κ1) is 17.6. The number of phenols is 1. The molecule has 4 rings (SSSR count). The molecule has 28 heavy (non-hydrogen) atoms. The number of aromatic hydroxyl groups is 1. The lowest BCUT2D eigenvalue weighted by atomic mass is 9.81. The average Bonchev–Trinajstić information content (AvgIpc) is 2.73. The third-order valence-electron chi connectivity index (χ3n) is 4.70. The highest BCUT2D eigenvalue weighted by Gasteiger charge is 2.33. The van der Waals surface area contributed by atoms with E-state index in [0.717, 1.165) is 21.9 Å². The minimum Gasteiger partial charge on any atom is -0.508 e. The summed E-state index contributed by atoms with van der Waals surface area (Å²) in [5, 5.41) is 21.7. The van der Waals surface area contributed by atoms with Crippen LogP contribution in [0.3, 0.4) is 0 Å². The molecule has 1 N–H and O–H groups in total. The van der Waals surface area contributed by atoms with Crippen LogP contribution in [0, 0.1) is 11.3 Å². The Kier molecular flexibility index (Phi) is 4.69. The molecule has 1 aliphatic heterocycles. The maximum atomic E-state index is 9.95. The summed E-state index contributed by atoms with van der Waals surface area (Å²) in [5.41, 5.74) is 2.18. The van der Waals surface area contributed by atoms with Crippen LogP contribution in [0.15, 0.2) is 77.1 Å². The lowest BCUT2D eigenvalue weighted by Gasteiger charge is -2.27. The van der Waals surface area contributed by atoms with Gasteiger partial charge in [-0.1, -0.05) is 42.5 Å². The molecule has 5 nitrogen and oxygen atoms in total. The van der Waals surface area contributed by atoms with Crippen LogP contribution < -0.4 is 4.74 Å². The minimum atomic E-state index is -0.366. The molecular formula is C23H18N2O3. The zero-order chi connectivity index (χ0) is 19.5. The van der Waals surface area contributed by atoms with Crippen molar-refractivity contribution in [1.82, 2.24) is 0 Å². The number of allylic oxidation sites excluding steroid dienone is 1. The first-order valence-corrected chi connectivity index (χ1v) is 8.99. The summed E-state index contributed by atoms with van der Waals surface area (Å²) < 4.78 is 11.2. The quantitative estimate of drug-likeness (QED) is 0.525. The predicted molar refractivity (Wildman–Crippen MR) is 107 cm³/mol. The average molecular weight is 370 g/mol. The summed E-state index contributed by atoms with van der Waals surface area (Å²) in [6, 6.07) is 21.0. The van der Waals surface area contributed by atoms with Crippen molar-refractivity contribution >= 4 is 17.2 Å². The second kappa shape index (κ2) is 7.45. The smallest absolute Gasteiger partial charge is 0.236 e. The van der Waals surface area contributed by atoms with E-state index in [-0.39, 0.29) is 17.6 Å². The number of rotatable bonds is 4. The van der Waals surface area contributed by atoms with Crippen LogP contribution in [0.4, 0.5) is 0 Å². The van der Waals surface area contributed by atoms with Crippen molar-refractivity contribution in [2.24, 2.45) is 4.99 Å². The third kappa shape index (κ3) is 3.06. The van der Waals surface area contributed by atoms with Crippen molar-refractivity contribution in [3.05, 3.63) is 83.2 Å². The SMILES string of the molecule is CCOC=NC1=C(C#N)C(c2ccc(O)cc2)c2c(ccc3ccccc23)O1. The van der Waals surface area contributed by atoms with Gasteiger partial charge < -0.3 is 14.6 Å². The highest BCUT2D eigenvalue weighted by molar-refractivity contribution is 5.90. The molecule has 0 aliphatic carbocycles. The van der Waals surface area contributed by atoms with Gasteiger partial charge in [0.15, 0.2) is 6.40 Å². The molecule has 0 amide bonds. The van der Waals surface area contributed by atoms with Gasteiger partial charge >= 0.3 is 0 Å². The van der Waals surface area contributed by atoms with Crippen molar-refractivity contribution in [2.75, 3.05) is 6.61 Å². The molecule has 1 unspecified atom stereocenters. The van der Waals surface area contributed by atoms with Gasteiger partial charge in [0.2, 0.25) is 5.88 Å². The Hall–Kier alpha value is -3.78. The zero-order valence-corrected chi connectivity index (χ0v) is 15.3. The van der Waals surface area contributed by atoms with Crippen LogP contribution >= 0.6 is 0 Å². The first-order chi connectivity index (χ1) is 13.7. The van der Waals surface area contributed by atoms with Crippen LogP contribution in [0.5, 0.6) is 11.5 Å². The van der Waals surface area contributed by atoms with Crippen molar-refractivity contribution in [2.45, 2.75) is 12.8 Å². The van der Waals surface area contributed by atoms with Crippen molar-refractivity contribution in [1.29, 1.82) is 5.26 Å². The number of nitrogens with zero attached hydrogens (tertiary/aromatic N) is 2. The number of fused-ring (bicyclic) bond motifs is 3. The van der Waals surface area contributed by atoms with Gasteiger partial charge in [0.05, 0.1) is 12.5 Å². The largest absolute Gasteiger partial charge is 0.508 e. The normalized spacial score (nSPS) is 15.9. The number of hydrogen-bond donors (Lipinski definition) is 1. The minimum absolute atomic E-state index is 0.172. The Balaban J connectivity index is 1.98. The molecule has 1 atom stereocenters. The second-order valence-corrected chi connectivity index (χ2v) is 6.35. The summed E-state index contributed by atoms with van der Waals surface area (Å²) in [6.45, 7) is 2.33. The monoisotopic (exact) mass is 370 g/mol. The fraction of sp³-hybridized carbons (Fsp3) is 0.130. The van der Waals surface area contributed by atoms with Crippen molar-refractivity contribution in [3.63, 3.8) is 0 Å². The molecule has 5 heteroatoms. The molecule has 3 aromatic rings. The number of nitriles is 1. The maximum Gasteiger partial charge on any atom is 0.236 e. The third-order valence-corrected chi connectivity index (χ3v) is 4.70. The van der Waals surface area contributed by atoms with Gasteiger partial charge in [0.1, 0.15) is 23.1 Å². The summed E-state index contributed by atoms with van der Waals surface area (Å²) >= 11 is 0. The molecule has 3 aromatic carbocycles. The lowest BCUT2D eigenvalue weighted by molar-refractivity contribution is 0.336. The highest BCUT2D eigenvalue weighted by Crippen LogP contribution is 2.46. The summed E-state index contributed by atoms with van der Waals surface area (Å²) in [6.07, 6.45) is 1.30. The van der Waals surface area contributed by atoms with Crippen LogP contribution in [0.2, 0.25) is 0 Å². The Bertz CT molecular complexity index is 1120.